The van der Waals surface area contributed by atoms with Gasteiger partial charge in [-0.05, 0) is 43.0 Å². The Hall–Kier alpha value is -2.31. The van der Waals surface area contributed by atoms with Crippen LogP contribution in [-0.2, 0) is 17.9 Å². The van der Waals surface area contributed by atoms with Gasteiger partial charge in [0.05, 0.1) is 0 Å². The molecule has 1 amide bonds. The standard InChI is InChI=1S/C21H24F2N2O2/c1-15-4-2-5-17(10-15)13-25-9-3-8-21(27,20(25)26)14-24-12-16-6-7-18(22)19(23)11-16/h2,4-7,10-11,24,27H,3,8-9,12-14H2,1H3/t21-/m1/s1. The first-order valence-electron chi connectivity index (χ1n) is 9.09. The highest BCUT2D eigenvalue weighted by atomic mass is 19.2. The van der Waals surface area contributed by atoms with Gasteiger partial charge in [-0.2, -0.15) is 0 Å². The molecule has 4 nitrogen and oxygen atoms in total. The monoisotopic (exact) mass is 374 g/mol. The van der Waals surface area contributed by atoms with E-state index >= 15 is 0 Å². The molecule has 2 aromatic rings. The molecule has 0 aliphatic carbocycles. The number of carbonyl (C=O) groups is 1. The molecule has 0 spiro atoms. The van der Waals surface area contributed by atoms with Crippen LogP contribution in [0.1, 0.15) is 29.5 Å². The highest BCUT2D eigenvalue weighted by Crippen LogP contribution is 2.24. The number of nitrogens with zero attached hydrogens (tertiary/aromatic N) is 1. The van der Waals surface area contributed by atoms with Crippen LogP contribution >= 0.6 is 0 Å². The number of nitrogens with one attached hydrogen (secondary N) is 1. The smallest absolute Gasteiger partial charge is 0.256 e. The van der Waals surface area contributed by atoms with Crippen molar-refractivity contribution in [3.8, 4) is 0 Å². The molecule has 3 rings (SSSR count). The van der Waals surface area contributed by atoms with E-state index in [1.54, 1.807) is 4.90 Å². The second-order valence-electron chi connectivity index (χ2n) is 7.20. The third kappa shape index (κ3) is 4.70. The number of aliphatic hydroxyl groups is 1. The molecular formula is C21H24F2N2O2. The van der Waals surface area contributed by atoms with Crippen LogP contribution in [0.25, 0.3) is 0 Å². The topological polar surface area (TPSA) is 52.6 Å². The van der Waals surface area contributed by atoms with Gasteiger partial charge in [-0.15, -0.1) is 0 Å². The third-order valence-corrected chi connectivity index (χ3v) is 4.89. The Morgan fingerprint density at radius 1 is 1.15 bits per heavy atom. The highest BCUT2D eigenvalue weighted by Gasteiger charge is 2.41. The van der Waals surface area contributed by atoms with Gasteiger partial charge in [-0.1, -0.05) is 35.9 Å². The Balaban J connectivity index is 1.60. The highest BCUT2D eigenvalue weighted by molar-refractivity contribution is 5.86. The van der Waals surface area contributed by atoms with Gasteiger partial charge in [0.2, 0.25) is 0 Å². The van der Waals surface area contributed by atoms with E-state index in [4.69, 9.17) is 0 Å². The predicted octanol–water partition coefficient (Wildman–Crippen LogP) is 2.92. The fraction of sp³-hybridized carbons (Fsp3) is 0.381. The Kier molecular flexibility index (Phi) is 5.87. The Labute approximate surface area is 157 Å². The molecule has 2 aromatic carbocycles. The number of rotatable bonds is 6. The molecule has 1 saturated heterocycles. The van der Waals surface area contributed by atoms with E-state index in [1.807, 2.05) is 31.2 Å². The number of hydrogen-bond acceptors (Lipinski definition) is 3. The van der Waals surface area contributed by atoms with Crippen molar-refractivity contribution >= 4 is 5.91 Å². The van der Waals surface area contributed by atoms with Gasteiger partial charge in [-0.3, -0.25) is 4.79 Å². The number of carbonyl (C=O) groups excluding carboxylic acids is 1. The van der Waals surface area contributed by atoms with E-state index in [0.717, 1.165) is 23.3 Å². The van der Waals surface area contributed by atoms with Gasteiger partial charge in [0.1, 0.15) is 0 Å². The van der Waals surface area contributed by atoms with Crippen molar-refractivity contribution in [3.63, 3.8) is 0 Å². The van der Waals surface area contributed by atoms with Crippen molar-refractivity contribution in [2.24, 2.45) is 0 Å². The quantitative estimate of drug-likeness (QED) is 0.818. The fourth-order valence-electron chi connectivity index (χ4n) is 3.47. The normalized spacial score (nSPS) is 20.1. The first kappa shape index (κ1) is 19.5. The maximum atomic E-state index is 13.3. The van der Waals surface area contributed by atoms with Gasteiger partial charge in [-0.25, -0.2) is 8.78 Å². The SMILES string of the molecule is Cc1cccc(CN2CCC[C@@](O)(CNCc3ccc(F)c(F)c3)C2=O)c1. The summed E-state index contributed by atoms with van der Waals surface area (Å²) in [4.78, 5) is 14.5. The average molecular weight is 374 g/mol. The van der Waals surface area contributed by atoms with Crippen LogP contribution in [0.15, 0.2) is 42.5 Å². The molecular weight excluding hydrogens is 350 g/mol. The molecule has 1 fully saturated rings. The zero-order valence-electron chi connectivity index (χ0n) is 15.3. The molecule has 144 valence electrons. The first-order chi connectivity index (χ1) is 12.9. The molecule has 6 heteroatoms. The van der Waals surface area contributed by atoms with E-state index in [2.05, 4.69) is 5.32 Å². The van der Waals surface area contributed by atoms with Crippen LogP contribution in [0.2, 0.25) is 0 Å². The molecule has 1 atom stereocenters. The second kappa shape index (κ2) is 8.15. The minimum Gasteiger partial charge on any atom is -0.379 e. The second-order valence-corrected chi connectivity index (χ2v) is 7.20. The fourth-order valence-corrected chi connectivity index (χ4v) is 3.47. The summed E-state index contributed by atoms with van der Waals surface area (Å²) < 4.78 is 26.3. The summed E-state index contributed by atoms with van der Waals surface area (Å²) >= 11 is 0. The predicted molar refractivity (Wildman–Crippen MR) is 98.8 cm³/mol. The summed E-state index contributed by atoms with van der Waals surface area (Å²) in [7, 11) is 0. The van der Waals surface area contributed by atoms with Crippen LogP contribution < -0.4 is 5.32 Å². The van der Waals surface area contributed by atoms with E-state index in [1.165, 1.54) is 6.07 Å². The molecule has 0 unspecified atom stereocenters. The average Bonchev–Trinajstić information content (AvgIpc) is 2.62. The lowest BCUT2D eigenvalue weighted by molar-refractivity contribution is -0.157. The third-order valence-electron chi connectivity index (χ3n) is 4.89. The minimum atomic E-state index is -1.49. The van der Waals surface area contributed by atoms with E-state index in [-0.39, 0.29) is 19.0 Å². The molecule has 1 aliphatic heterocycles. The summed E-state index contributed by atoms with van der Waals surface area (Å²) in [5.41, 5.74) is 1.22. The van der Waals surface area contributed by atoms with Crippen LogP contribution in [-0.4, -0.2) is 34.6 Å². The summed E-state index contributed by atoms with van der Waals surface area (Å²) in [6, 6.07) is 11.6. The zero-order valence-corrected chi connectivity index (χ0v) is 15.3. The van der Waals surface area contributed by atoms with Gasteiger partial charge in [0.15, 0.2) is 17.2 Å². The lowest BCUT2D eigenvalue weighted by atomic mass is 9.91. The summed E-state index contributed by atoms with van der Waals surface area (Å²) in [6.45, 7) is 3.38. The summed E-state index contributed by atoms with van der Waals surface area (Å²) in [5.74, 6) is -2.11. The number of piperidine rings is 1. The molecule has 1 heterocycles. The molecule has 2 N–H and O–H groups in total. The van der Waals surface area contributed by atoms with Gasteiger partial charge in [0.25, 0.3) is 5.91 Å². The van der Waals surface area contributed by atoms with Crippen LogP contribution in [0.4, 0.5) is 8.78 Å². The Bertz CT molecular complexity index is 828. The molecule has 0 bridgehead atoms. The molecule has 0 aromatic heterocycles. The van der Waals surface area contributed by atoms with Crippen LogP contribution in [0.3, 0.4) is 0 Å². The van der Waals surface area contributed by atoms with Gasteiger partial charge < -0.3 is 15.3 Å². The number of likely N-dealkylation sites (tertiary alicyclic amines) is 1. The Morgan fingerprint density at radius 2 is 1.96 bits per heavy atom. The van der Waals surface area contributed by atoms with Crippen molar-refractivity contribution in [2.75, 3.05) is 13.1 Å². The largest absolute Gasteiger partial charge is 0.379 e. The minimum absolute atomic E-state index is 0.0646. The number of aryl methyl sites for hydroxylation is 1. The van der Waals surface area contributed by atoms with Gasteiger partial charge >= 0.3 is 0 Å². The van der Waals surface area contributed by atoms with E-state index in [9.17, 15) is 18.7 Å². The maximum absolute atomic E-state index is 13.3. The number of halogens is 2. The molecule has 0 saturated carbocycles. The van der Waals surface area contributed by atoms with Crippen molar-refractivity contribution in [1.82, 2.24) is 10.2 Å². The molecule has 0 radical (unpaired) electrons. The number of amides is 1. The Morgan fingerprint density at radius 3 is 2.70 bits per heavy atom. The van der Waals surface area contributed by atoms with Crippen molar-refractivity contribution < 1.29 is 18.7 Å². The van der Waals surface area contributed by atoms with Crippen LogP contribution in [0.5, 0.6) is 0 Å². The van der Waals surface area contributed by atoms with Crippen molar-refractivity contribution in [2.45, 2.75) is 38.5 Å². The van der Waals surface area contributed by atoms with Crippen molar-refractivity contribution in [1.29, 1.82) is 0 Å². The maximum Gasteiger partial charge on any atom is 0.256 e. The molecule has 27 heavy (non-hydrogen) atoms. The van der Waals surface area contributed by atoms with Gasteiger partial charge in [0, 0.05) is 26.2 Å². The zero-order chi connectivity index (χ0) is 19.4. The van der Waals surface area contributed by atoms with Crippen LogP contribution in [0, 0.1) is 18.6 Å². The summed E-state index contributed by atoms with van der Waals surface area (Å²) in [6.07, 6.45) is 1.09. The number of hydrogen-bond donors (Lipinski definition) is 2. The summed E-state index contributed by atoms with van der Waals surface area (Å²) in [5, 5.41) is 13.8. The van der Waals surface area contributed by atoms with Crippen molar-refractivity contribution in [3.05, 3.63) is 70.8 Å². The lowest BCUT2D eigenvalue weighted by Crippen LogP contribution is -2.57. The van der Waals surface area contributed by atoms with E-state index in [0.29, 0.717) is 31.5 Å². The molecule has 1 aliphatic rings. The first-order valence-corrected chi connectivity index (χ1v) is 9.09. The number of benzene rings is 2. The van der Waals surface area contributed by atoms with E-state index < -0.39 is 17.2 Å². The lowest BCUT2D eigenvalue weighted by Gasteiger charge is -2.38.